The second kappa shape index (κ2) is 14.2. The number of unbranched alkanes of at least 4 members (excludes halogenated alkanes) is 1. The van der Waals surface area contributed by atoms with E-state index in [1.54, 1.807) is 0 Å². The minimum atomic E-state index is 0. The lowest BCUT2D eigenvalue weighted by Crippen LogP contribution is -2.54. The van der Waals surface area contributed by atoms with E-state index in [1.807, 2.05) is 25.2 Å². The van der Waals surface area contributed by atoms with Gasteiger partial charge in [-0.1, -0.05) is 36.8 Å². The van der Waals surface area contributed by atoms with Crippen LogP contribution in [0, 0.1) is 0 Å². The molecule has 1 aromatic carbocycles. The molecule has 1 saturated heterocycles. The van der Waals surface area contributed by atoms with Crippen molar-refractivity contribution in [2.75, 3.05) is 39.8 Å². The molecule has 6 heteroatoms. The Morgan fingerprint density at radius 1 is 1.07 bits per heavy atom. The van der Waals surface area contributed by atoms with Crippen molar-refractivity contribution in [1.29, 1.82) is 0 Å². The summed E-state index contributed by atoms with van der Waals surface area (Å²) in [6.07, 6.45) is 6.14. The highest BCUT2D eigenvalue weighted by Crippen LogP contribution is 2.19. The lowest BCUT2D eigenvalue weighted by molar-refractivity contribution is 0.0982. The second-order valence-corrected chi connectivity index (χ2v) is 7.96. The third kappa shape index (κ3) is 9.56. The third-order valence-electron chi connectivity index (χ3n) is 5.24. The van der Waals surface area contributed by atoms with Crippen LogP contribution in [0.3, 0.4) is 0 Å². The highest BCUT2D eigenvalue weighted by molar-refractivity contribution is 14.0. The van der Waals surface area contributed by atoms with Gasteiger partial charge in [0.05, 0.1) is 6.61 Å². The van der Waals surface area contributed by atoms with Gasteiger partial charge in [-0.05, 0) is 58.2 Å². The molecule has 1 heterocycles. The Morgan fingerprint density at radius 2 is 1.79 bits per heavy atom. The van der Waals surface area contributed by atoms with Crippen LogP contribution in [0.25, 0.3) is 0 Å². The first-order valence-electron chi connectivity index (χ1n) is 10.4. The molecule has 0 bridgehead atoms. The molecule has 2 rings (SSSR count). The number of benzene rings is 1. The third-order valence-corrected chi connectivity index (χ3v) is 5.24. The lowest BCUT2D eigenvalue weighted by Gasteiger charge is -2.41. The summed E-state index contributed by atoms with van der Waals surface area (Å²) in [6, 6.07) is 10.3. The van der Waals surface area contributed by atoms with E-state index in [0.717, 1.165) is 38.5 Å². The number of guanidine groups is 1. The van der Waals surface area contributed by atoms with Gasteiger partial charge >= 0.3 is 0 Å². The van der Waals surface area contributed by atoms with Crippen LogP contribution >= 0.6 is 24.0 Å². The van der Waals surface area contributed by atoms with Gasteiger partial charge in [-0.15, -0.1) is 24.0 Å². The Morgan fingerprint density at radius 3 is 2.46 bits per heavy atom. The van der Waals surface area contributed by atoms with Crippen LogP contribution in [0.5, 0.6) is 0 Å². The van der Waals surface area contributed by atoms with Crippen molar-refractivity contribution in [3.8, 4) is 0 Å². The number of aliphatic imine (C=N–C) groups is 1. The fourth-order valence-electron chi connectivity index (χ4n) is 3.43. The average molecular weight is 502 g/mol. The summed E-state index contributed by atoms with van der Waals surface area (Å²) in [7, 11) is 1.84. The molecule has 28 heavy (non-hydrogen) atoms. The topological polar surface area (TPSA) is 48.9 Å². The van der Waals surface area contributed by atoms with Crippen molar-refractivity contribution in [1.82, 2.24) is 15.5 Å². The number of nitrogens with one attached hydrogen (secondary N) is 2. The molecule has 1 aromatic rings. The van der Waals surface area contributed by atoms with Crippen LogP contribution in [0.15, 0.2) is 35.3 Å². The van der Waals surface area contributed by atoms with Crippen LogP contribution < -0.4 is 10.6 Å². The summed E-state index contributed by atoms with van der Waals surface area (Å²) in [5.41, 5.74) is 1.39. The van der Waals surface area contributed by atoms with E-state index < -0.39 is 0 Å². The monoisotopic (exact) mass is 502 g/mol. The summed E-state index contributed by atoms with van der Waals surface area (Å²) < 4.78 is 5.73. The summed E-state index contributed by atoms with van der Waals surface area (Å²) in [6.45, 7) is 10.4. The Labute approximate surface area is 188 Å². The van der Waals surface area contributed by atoms with E-state index in [1.165, 1.54) is 37.9 Å². The number of hydrogen-bond acceptors (Lipinski definition) is 3. The van der Waals surface area contributed by atoms with Crippen LogP contribution in [0.2, 0.25) is 0 Å². The van der Waals surface area contributed by atoms with Crippen molar-refractivity contribution in [2.45, 2.75) is 58.1 Å². The molecule has 0 aromatic heterocycles. The number of halogens is 1. The number of likely N-dealkylation sites (tertiary alicyclic amines) is 1. The summed E-state index contributed by atoms with van der Waals surface area (Å²) in [5, 5.41) is 6.91. The lowest BCUT2D eigenvalue weighted by atomic mass is 9.98. The zero-order valence-electron chi connectivity index (χ0n) is 17.9. The molecule has 0 spiro atoms. The van der Waals surface area contributed by atoms with Crippen LogP contribution in [0.1, 0.15) is 51.5 Å². The van der Waals surface area contributed by atoms with Gasteiger partial charge in [-0.25, -0.2) is 0 Å². The predicted octanol–water partition coefficient (Wildman–Crippen LogP) is 4.03. The van der Waals surface area contributed by atoms with Gasteiger partial charge in [0, 0.05) is 32.3 Å². The molecular formula is C22H39IN4O. The number of ether oxygens (including phenoxy) is 1. The first-order chi connectivity index (χ1) is 13.1. The first-order valence-corrected chi connectivity index (χ1v) is 10.4. The molecule has 0 amide bonds. The molecule has 1 aliphatic rings. The highest BCUT2D eigenvalue weighted by atomic mass is 127. The normalized spacial score (nSPS) is 15.8. The maximum absolute atomic E-state index is 5.73. The summed E-state index contributed by atoms with van der Waals surface area (Å²) in [4.78, 5) is 6.95. The van der Waals surface area contributed by atoms with Crippen LogP contribution in [0.4, 0.5) is 0 Å². The number of piperidine rings is 1. The van der Waals surface area contributed by atoms with Crippen molar-refractivity contribution >= 4 is 29.9 Å². The van der Waals surface area contributed by atoms with E-state index in [-0.39, 0.29) is 29.5 Å². The van der Waals surface area contributed by atoms with Crippen molar-refractivity contribution in [3.05, 3.63) is 35.9 Å². The van der Waals surface area contributed by atoms with E-state index in [9.17, 15) is 0 Å². The van der Waals surface area contributed by atoms with E-state index in [0.29, 0.717) is 6.61 Å². The second-order valence-electron chi connectivity index (χ2n) is 7.96. The van der Waals surface area contributed by atoms with E-state index >= 15 is 0 Å². The Balaban J connectivity index is 0.00000392. The molecule has 0 aliphatic carbocycles. The Bertz CT molecular complexity index is 545. The van der Waals surface area contributed by atoms with Gasteiger partial charge in [0.1, 0.15) is 0 Å². The molecule has 0 saturated carbocycles. The molecule has 1 fully saturated rings. The molecule has 160 valence electrons. The standard InChI is InChI=1S/C22H38N4O.HI/c1-22(2,26-15-9-5-10-16-26)19-25-21(23-3)24-14-8-11-17-27-18-20-12-6-4-7-13-20;/h4,6-7,12-13H,5,8-11,14-19H2,1-3H3,(H2,23,24,25);1H. The number of rotatable bonds is 10. The minimum Gasteiger partial charge on any atom is -0.377 e. The summed E-state index contributed by atoms with van der Waals surface area (Å²) in [5.74, 6) is 0.894. The molecule has 1 aliphatic heterocycles. The molecule has 0 unspecified atom stereocenters. The maximum Gasteiger partial charge on any atom is 0.191 e. The molecule has 0 atom stereocenters. The minimum absolute atomic E-state index is 0. The smallest absolute Gasteiger partial charge is 0.191 e. The number of nitrogens with zero attached hydrogens (tertiary/aromatic N) is 2. The van der Waals surface area contributed by atoms with Gasteiger partial charge < -0.3 is 15.4 Å². The maximum atomic E-state index is 5.73. The predicted molar refractivity (Wildman–Crippen MR) is 130 cm³/mol. The Kier molecular flexibility index (Phi) is 12.7. The SMILES string of the molecule is CN=C(NCCCCOCc1ccccc1)NCC(C)(C)N1CCCCC1.I. The van der Waals surface area contributed by atoms with Gasteiger partial charge in [0.25, 0.3) is 0 Å². The van der Waals surface area contributed by atoms with Gasteiger partial charge in [-0.3, -0.25) is 9.89 Å². The van der Waals surface area contributed by atoms with Gasteiger partial charge in [0.15, 0.2) is 5.96 Å². The summed E-state index contributed by atoms with van der Waals surface area (Å²) >= 11 is 0. The molecule has 5 nitrogen and oxygen atoms in total. The van der Waals surface area contributed by atoms with Crippen molar-refractivity contribution in [2.24, 2.45) is 4.99 Å². The van der Waals surface area contributed by atoms with Gasteiger partial charge in [-0.2, -0.15) is 0 Å². The van der Waals surface area contributed by atoms with Crippen molar-refractivity contribution < 1.29 is 4.74 Å². The average Bonchev–Trinajstić information content (AvgIpc) is 2.71. The Hall–Kier alpha value is -0.860. The molecule has 0 radical (unpaired) electrons. The quantitative estimate of drug-likeness (QED) is 0.220. The van der Waals surface area contributed by atoms with Crippen LogP contribution in [-0.2, 0) is 11.3 Å². The van der Waals surface area contributed by atoms with Crippen LogP contribution in [-0.4, -0.2) is 56.2 Å². The van der Waals surface area contributed by atoms with Gasteiger partial charge in [0.2, 0.25) is 0 Å². The fraction of sp³-hybridized carbons (Fsp3) is 0.682. The zero-order valence-corrected chi connectivity index (χ0v) is 20.2. The fourth-order valence-corrected chi connectivity index (χ4v) is 3.43. The van der Waals surface area contributed by atoms with Crippen molar-refractivity contribution in [3.63, 3.8) is 0 Å². The molecule has 2 N–H and O–H groups in total. The molecular weight excluding hydrogens is 463 g/mol. The first kappa shape index (κ1) is 25.2. The number of hydrogen-bond donors (Lipinski definition) is 2. The van der Waals surface area contributed by atoms with E-state index in [4.69, 9.17) is 4.74 Å². The van der Waals surface area contributed by atoms with E-state index in [2.05, 4.69) is 46.5 Å². The highest BCUT2D eigenvalue weighted by Gasteiger charge is 2.27. The zero-order chi connectivity index (χ0) is 19.4. The largest absolute Gasteiger partial charge is 0.377 e.